The summed E-state index contributed by atoms with van der Waals surface area (Å²) in [6.07, 6.45) is 4.70. The van der Waals surface area contributed by atoms with Crippen LogP contribution in [-0.2, 0) is 5.41 Å². The van der Waals surface area contributed by atoms with E-state index in [2.05, 4.69) is 30.9 Å². The predicted octanol–water partition coefficient (Wildman–Crippen LogP) is 3.02. The summed E-state index contributed by atoms with van der Waals surface area (Å²) in [6.45, 7) is 6.52. The first-order chi connectivity index (χ1) is 6.63. The van der Waals surface area contributed by atoms with Crippen molar-refractivity contribution in [2.45, 2.75) is 57.8 Å². The van der Waals surface area contributed by atoms with Crippen molar-refractivity contribution < 1.29 is 4.52 Å². The quantitative estimate of drug-likeness (QED) is 0.739. The molecule has 0 bridgehead atoms. The molecule has 0 spiro atoms. The van der Waals surface area contributed by atoms with E-state index in [-0.39, 0.29) is 5.41 Å². The molecule has 1 saturated carbocycles. The number of hydrogen-bond donors (Lipinski definition) is 0. The number of rotatable bonds is 4. The molecular weight excluding hydrogens is 176 g/mol. The smallest absolute Gasteiger partial charge is 0.232 e. The Labute approximate surface area is 84.9 Å². The fraction of sp³-hybridized carbons (Fsp3) is 0.818. The van der Waals surface area contributed by atoms with Crippen LogP contribution in [0.25, 0.3) is 0 Å². The van der Waals surface area contributed by atoms with E-state index in [4.69, 9.17) is 4.52 Å². The first kappa shape index (κ1) is 9.69. The van der Waals surface area contributed by atoms with Crippen molar-refractivity contribution in [1.82, 2.24) is 10.1 Å². The molecule has 0 amide bonds. The fourth-order valence-electron chi connectivity index (χ4n) is 1.75. The minimum absolute atomic E-state index is 0.0366. The minimum Gasteiger partial charge on any atom is -0.339 e. The zero-order chi connectivity index (χ0) is 10.2. The van der Waals surface area contributed by atoms with Crippen LogP contribution < -0.4 is 0 Å². The van der Waals surface area contributed by atoms with E-state index in [9.17, 15) is 0 Å². The van der Waals surface area contributed by atoms with Gasteiger partial charge in [0.2, 0.25) is 5.89 Å². The van der Waals surface area contributed by atoms with E-state index in [0.717, 1.165) is 24.6 Å². The van der Waals surface area contributed by atoms with Crippen LogP contribution in [-0.4, -0.2) is 10.1 Å². The highest BCUT2D eigenvalue weighted by Crippen LogP contribution is 2.39. The molecule has 1 heterocycles. The van der Waals surface area contributed by atoms with Gasteiger partial charge in [-0.25, -0.2) is 0 Å². The molecule has 3 nitrogen and oxygen atoms in total. The summed E-state index contributed by atoms with van der Waals surface area (Å²) in [4.78, 5) is 4.48. The second-order valence-electron chi connectivity index (χ2n) is 4.87. The van der Waals surface area contributed by atoms with Gasteiger partial charge < -0.3 is 4.52 Å². The summed E-state index contributed by atoms with van der Waals surface area (Å²) < 4.78 is 5.32. The highest BCUT2D eigenvalue weighted by atomic mass is 16.5. The molecule has 1 aromatic rings. The molecule has 0 radical (unpaired) electrons. The lowest BCUT2D eigenvalue weighted by Gasteiger charge is -2.17. The van der Waals surface area contributed by atoms with Crippen molar-refractivity contribution in [3.63, 3.8) is 0 Å². The van der Waals surface area contributed by atoms with Crippen LogP contribution in [0.4, 0.5) is 0 Å². The van der Waals surface area contributed by atoms with Gasteiger partial charge in [0.1, 0.15) is 0 Å². The molecule has 3 heteroatoms. The first-order valence-corrected chi connectivity index (χ1v) is 5.47. The molecule has 0 aromatic carbocycles. The topological polar surface area (TPSA) is 38.9 Å². The molecule has 0 N–H and O–H groups in total. The normalized spacial score (nSPS) is 17.4. The number of nitrogens with zero attached hydrogens (tertiary/aromatic N) is 2. The summed E-state index contributed by atoms with van der Waals surface area (Å²) in [6, 6.07) is 0. The zero-order valence-electron chi connectivity index (χ0n) is 9.21. The monoisotopic (exact) mass is 194 g/mol. The SMILES string of the molecule is CCCC(C)(C)c1nc(C2CC2)no1. The molecule has 1 aliphatic carbocycles. The average molecular weight is 194 g/mol. The summed E-state index contributed by atoms with van der Waals surface area (Å²) in [7, 11) is 0. The first-order valence-electron chi connectivity index (χ1n) is 5.47. The fourth-order valence-corrected chi connectivity index (χ4v) is 1.75. The maximum atomic E-state index is 5.32. The Morgan fingerprint density at radius 1 is 1.43 bits per heavy atom. The van der Waals surface area contributed by atoms with Crippen molar-refractivity contribution in [2.75, 3.05) is 0 Å². The summed E-state index contributed by atoms with van der Waals surface area (Å²) >= 11 is 0. The van der Waals surface area contributed by atoms with E-state index in [1.807, 2.05) is 0 Å². The molecular formula is C11H18N2O. The van der Waals surface area contributed by atoms with Crippen LogP contribution in [0.1, 0.15) is 64.1 Å². The largest absolute Gasteiger partial charge is 0.339 e. The van der Waals surface area contributed by atoms with E-state index in [1.165, 1.54) is 12.8 Å². The van der Waals surface area contributed by atoms with Crippen LogP contribution in [0, 0.1) is 0 Å². The summed E-state index contributed by atoms with van der Waals surface area (Å²) in [5.41, 5.74) is 0.0366. The molecule has 1 fully saturated rings. The lowest BCUT2D eigenvalue weighted by atomic mass is 9.88. The standard InChI is InChI=1S/C11H18N2O/c1-4-7-11(2,3)10-12-9(13-14-10)8-5-6-8/h8H,4-7H2,1-3H3. The van der Waals surface area contributed by atoms with Crippen LogP contribution in [0.5, 0.6) is 0 Å². The van der Waals surface area contributed by atoms with Gasteiger partial charge in [-0.3, -0.25) is 0 Å². The van der Waals surface area contributed by atoms with Crippen LogP contribution >= 0.6 is 0 Å². The Bertz CT molecular complexity index is 313. The van der Waals surface area contributed by atoms with E-state index in [1.54, 1.807) is 0 Å². The van der Waals surface area contributed by atoms with Crippen molar-refractivity contribution in [3.8, 4) is 0 Å². The van der Waals surface area contributed by atoms with Gasteiger partial charge in [0.15, 0.2) is 5.82 Å². The van der Waals surface area contributed by atoms with E-state index < -0.39 is 0 Å². The second kappa shape index (κ2) is 3.37. The van der Waals surface area contributed by atoms with Crippen molar-refractivity contribution in [1.29, 1.82) is 0 Å². The molecule has 0 atom stereocenters. The summed E-state index contributed by atoms with van der Waals surface area (Å²) in [5, 5.41) is 4.04. The van der Waals surface area contributed by atoms with Gasteiger partial charge in [0, 0.05) is 11.3 Å². The Kier molecular flexibility index (Phi) is 2.33. The Balaban J connectivity index is 2.14. The molecule has 2 rings (SSSR count). The van der Waals surface area contributed by atoms with E-state index >= 15 is 0 Å². The molecule has 0 unspecified atom stereocenters. The van der Waals surface area contributed by atoms with E-state index in [0.29, 0.717) is 5.92 Å². The molecule has 0 aliphatic heterocycles. The third-order valence-corrected chi connectivity index (χ3v) is 2.84. The molecule has 0 saturated heterocycles. The highest BCUT2D eigenvalue weighted by molar-refractivity contribution is 5.07. The number of aromatic nitrogens is 2. The van der Waals surface area contributed by atoms with Crippen LogP contribution in [0.2, 0.25) is 0 Å². The zero-order valence-corrected chi connectivity index (χ0v) is 9.21. The molecule has 1 aromatic heterocycles. The lowest BCUT2D eigenvalue weighted by molar-refractivity contribution is 0.292. The maximum Gasteiger partial charge on any atom is 0.232 e. The minimum atomic E-state index is 0.0366. The molecule has 78 valence electrons. The Morgan fingerprint density at radius 2 is 2.14 bits per heavy atom. The van der Waals surface area contributed by atoms with Crippen molar-refractivity contribution >= 4 is 0 Å². The average Bonchev–Trinajstić information content (AvgIpc) is 2.83. The van der Waals surface area contributed by atoms with Gasteiger partial charge in [-0.15, -0.1) is 0 Å². The van der Waals surface area contributed by atoms with Crippen molar-refractivity contribution in [3.05, 3.63) is 11.7 Å². The Hall–Kier alpha value is -0.860. The van der Waals surface area contributed by atoms with Crippen molar-refractivity contribution in [2.24, 2.45) is 0 Å². The van der Waals surface area contributed by atoms with Gasteiger partial charge in [0.05, 0.1) is 0 Å². The third kappa shape index (κ3) is 1.81. The molecule has 14 heavy (non-hydrogen) atoms. The highest BCUT2D eigenvalue weighted by Gasteiger charge is 2.32. The predicted molar refractivity (Wildman–Crippen MR) is 54.2 cm³/mol. The van der Waals surface area contributed by atoms with Gasteiger partial charge in [-0.05, 0) is 19.3 Å². The number of hydrogen-bond acceptors (Lipinski definition) is 3. The van der Waals surface area contributed by atoms with Gasteiger partial charge in [-0.2, -0.15) is 4.98 Å². The van der Waals surface area contributed by atoms with Gasteiger partial charge in [-0.1, -0.05) is 32.3 Å². The second-order valence-corrected chi connectivity index (χ2v) is 4.87. The lowest BCUT2D eigenvalue weighted by Crippen LogP contribution is -2.17. The summed E-state index contributed by atoms with van der Waals surface area (Å²) in [5.74, 6) is 2.32. The van der Waals surface area contributed by atoms with Crippen LogP contribution in [0.15, 0.2) is 4.52 Å². The van der Waals surface area contributed by atoms with Gasteiger partial charge in [0.25, 0.3) is 0 Å². The Morgan fingerprint density at radius 3 is 2.71 bits per heavy atom. The maximum absolute atomic E-state index is 5.32. The third-order valence-electron chi connectivity index (χ3n) is 2.84. The molecule has 1 aliphatic rings. The van der Waals surface area contributed by atoms with Gasteiger partial charge >= 0.3 is 0 Å². The van der Waals surface area contributed by atoms with Crippen LogP contribution in [0.3, 0.4) is 0 Å².